The van der Waals surface area contributed by atoms with Crippen LogP contribution in [0.25, 0.3) is 0 Å². The topological polar surface area (TPSA) is 33.1 Å². The zero-order valence-electron chi connectivity index (χ0n) is 11.2. The molecule has 1 aromatic heterocycles. The third-order valence-electron chi connectivity index (χ3n) is 3.18. The average Bonchev–Trinajstić information content (AvgIpc) is 2.39. The zero-order valence-corrected chi connectivity index (χ0v) is 11.9. The van der Waals surface area contributed by atoms with Crippen LogP contribution in [-0.4, -0.2) is 10.1 Å². The van der Waals surface area contributed by atoms with Crippen molar-refractivity contribution in [3.05, 3.63) is 64.4 Å². The number of aliphatic hydroxyl groups excluding tert-OH is 1. The monoisotopic (exact) mass is 275 g/mol. The molecule has 1 N–H and O–H groups in total. The van der Waals surface area contributed by atoms with Crippen LogP contribution < -0.4 is 0 Å². The number of hydrogen-bond acceptors (Lipinski definition) is 2. The second kappa shape index (κ2) is 6.18. The number of aromatic nitrogens is 1. The quantitative estimate of drug-likeness (QED) is 0.910. The Morgan fingerprint density at radius 3 is 2.42 bits per heavy atom. The lowest BCUT2D eigenvalue weighted by atomic mass is 9.99. The molecular formula is C16H18ClNO. The van der Waals surface area contributed by atoms with E-state index < -0.39 is 6.10 Å². The molecule has 1 aromatic carbocycles. The molecule has 0 bridgehead atoms. The number of aliphatic hydroxyl groups is 1. The fraction of sp³-hybridized carbons (Fsp3) is 0.312. The molecule has 0 radical (unpaired) electrons. The number of pyridine rings is 1. The molecule has 0 aliphatic carbocycles. The second-order valence-electron chi connectivity index (χ2n) is 4.99. The lowest BCUT2D eigenvalue weighted by Gasteiger charge is -2.12. The van der Waals surface area contributed by atoms with Crippen LogP contribution in [0.2, 0.25) is 5.02 Å². The van der Waals surface area contributed by atoms with Crippen LogP contribution in [0.5, 0.6) is 0 Å². The third-order valence-corrected chi connectivity index (χ3v) is 3.50. The van der Waals surface area contributed by atoms with Crippen molar-refractivity contribution in [1.82, 2.24) is 4.98 Å². The highest BCUT2D eigenvalue weighted by molar-refractivity contribution is 6.31. The fourth-order valence-electron chi connectivity index (χ4n) is 2.00. The summed E-state index contributed by atoms with van der Waals surface area (Å²) in [5.41, 5.74) is 2.92. The third kappa shape index (κ3) is 3.55. The summed E-state index contributed by atoms with van der Waals surface area (Å²) in [6, 6.07) is 11.8. The van der Waals surface area contributed by atoms with Crippen molar-refractivity contribution in [1.29, 1.82) is 0 Å². The lowest BCUT2D eigenvalue weighted by Crippen LogP contribution is -2.05. The van der Waals surface area contributed by atoms with Crippen molar-refractivity contribution in [2.45, 2.75) is 32.3 Å². The molecule has 100 valence electrons. The molecule has 0 aliphatic heterocycles. The Morgan fingerprint density at radius 2 is 1.84 bits per heavy atom. The molecule has 0 saturated heterocycles. The van der Waals surface area contributed by atoms with Gasteiger partial charge in [-0.1, -0.05) is 49.7 Å². The Bertz CT molecular complexity index is 537. The minimum atomic E-state index is -0.668. The molecule has 0 spiro atoms. The van der Waals surface area contributed by atoms with Gasteiger partial charge < -0.3 is 5.11 Å². The van der Waals surface area contributed by atoms with Crippen LogP contribution in [0.3, 0.4) is 0 Å². The summed E-state index contributed by atoms with van der Waals surface area (Å²) in [6.07, 6.45) is 1.50. The number of nitrogens with zero attached hydrogens (tertiary/aromatic N) is 1. The Kier molecular flexibility index (Phi) is 4.56. The summed E-state index contributed by atoms with van der Waals surface area (Å²) in [7, 11) is 0. The highest BCUT2D eigenvalue weighted by Crippen LogP contribution is 2.24. The highest BCUT2D eigenvalue weighted by Gasteiger charge is 2.13. The second-order valence-corrected chi connectivity index (χ2v) is 5.39. The van der Waals surface area contributed by atoms with Gasteiger partial charge in [-0.15, -0.1) is 0 Å². The van der Waals surface area contributed by atoms with E-state index in [1.54, 1.807) is 18.3 Å². The molecule has 0 amide bonds. The molecular weight excluding hydrogens is 258 g/mol. The van der Waals surface area contributed by atoms with Gasteiger partial charge in [0.2, 0.25) is 0 Å². The molecule has 1 heterocycles. The summed E-state index contributed by atoms with van der Waals surface area (Å²) in [4.78, 5) is 4.14. The number of benzene rings is 1. The van der Waals surface area contributed by atoms with Gasteiger partial charge in [-0.05, 0) is 29.2 Å². The summed E-state index contributed by atoms with van der Waals surface area (Å²) in [5.74, 6) is 0.518. The first-order valence-corrected chi connectivity index (χ1v) is 6.83. The van der Waals surface area contributed by atoms with Crippen LogP contribution >= 0.6 is 11.6 Å². The fourth-order valence-corrected chi connectivity index (χ4v) is 2.25. The van der Waals surface area contributed by atoms with Crippen LogP contribution in [0.1, 0.15) is 42.7 Å². The Labute approximate surface area is 119 Å². The summed E-state index contributed by atoms with van der Waals surface area (Å²) in [6.45, 7) is 4.33. The van der Waals surface area contributed by atoms with E-state index in [-0.39, 0.29) is 0 Å². The van der Waals surface area contributed by atoms with Crippen molar-refractivity contribution in [2.24, 2.45) is 0 Å². The first-order valence-electron chi connectivity index (χ1n) is 6.45. The van der Waals surface area contributed by atoms with Crippen molar-refractivity contribution < 1.29 is 5.11 Å². The molecule has 19 heavy (non-hydrogen) atoms. The van der Waals surface area contributed by atoms with E-state index in [9.17, 15) is 5.11 Å². The molecule has 3 heteroatoms. The molecule has 1 unspecified atom stereocenters. The van der Waals surface area contributed by atoms with E-state index in [1.165, 1.54) is 5.56 Å². The van der Waals surface area contributed by atoms with Gasteiger partial charge in [0.05, 0.1) is 10.7 Å². The van der Waals surface area contributed by atoms with E-state index in [1.807, 2.05) is 0 Å². The molecule has 2 aromatic rings. The van der Waals surface area contributed by atoms with Crippen molar-refractivity contribution in [2.75, 3.05) is 0 Å². The van der Waals surface area contributed by atoms with Gasteiger partial charge in [0.15, 0.2) is 0 Å². The number of rotatable bonds is 4. The standard InChI is InChI=1S/C16H18ClNO/c1-11(2)13-7-5-12(6-8-13)10-15(19)16-14(17)4-3-9-18-16/h3-9,11,15,19H,10H2,1-2H3. The normalized spacial score (nSPS) is 12.7. The van der Waals surface area contributed by atoms with Gasteiger partial charge in [-0.2, -0.15) is 0 Å². The summed E-state index contributed by atoms with van der Waals surface area (Å²) >= 11 is 6.03. The Balaban J connectivity index is 2.11. The highest BCUT2D eigenvalue weighted by atomic mass is 35.5. The van der Waals surface area contributed by atoms with E-state index >= 15 is 0 Å². The molecule has 1 atom stereocenters. The number of hydrogen-bond donors (Lipinski definition) is 1. The maximum atomic E-state index is 10.2. The predicted octanol–water partition coefficient (Wildman–Crippen LogP) is 4.13. The first-order chi connectivity index (χ1) is 9.08. The van der Waals surface area contributed by atoms with Gasteiger partial charge in [0.1, 0.15) is 6.10 Å². The van der Waals surface area contributed by atoms with Crippen molar-refractivity contribution >= 4 is 11.6 Å². The smallest absolute Gasteiger partial charge is 0.101 e. The van der Waals surface area contributed by atoms with Gasteiger partial charge in [-0.25, -0.2) is 0 Å². The van der Waals surface area contributed by atoms with Gasteiger partial charge in [-0.3, -0.25) is 4.98 Å². The van der Waals surface area contributed by atoms with Crippen molar-refractivity contribution in [3.63, 3.8) is 0 Å². The maximum absolute atomic E-state index is 10.2. The maximum Gasteiger partial charge on any atom is 0.101 e. The van der Waals surface area contributed by atoms with Gasteiger partial charge in [0.25, 0.3) is 0 Å². The number of halogens is 1. The Hall–Kier alpha value is -1.38. The summed E-state index contributed by atoms with van der Waals surface area (Å²) in [5, 5.41) is 10.7. The van der Waals surface area contributed by atoms with E-state index in [0.29, 0.717) is 23.1 Å². The van der Waals surface area contributed by atoms with Crippen LogP contribution in [-0.2, 0) is 6.42 Å². The molecule has 0 aliphatic rings. The molecule has 2 nitrogen and oxygen atoms in total. The SMILES string of the molecule is CC(C)c1ccc(CC(O)c2ncccc2Cl)cc1. The predicted molar refractivity (Wildman–Crippen MR) is 78.4 cm³/mol. The molecule has 2 rings (SSSR count). The van der Waals surface area contributed by atoms with Gasteiger partial charge >= 0.3 is 0 Å². The summed E-state index contributed by atoms with van der Waals surface area (Å²) < 4.78 is 0. The average molecular weight is 276 g/mol. The van der Waals surface area contributed by atoms with Crippen LogP contribution in [0.4, 0.5) is 0 Å². The van der Waals surface area contributed by atoms with Gasteiger partial charge in [0, 0.05) is 12.6 Å². The zero-order chi connectivity index (χ0) is 13.8. The minimum absolute atomic E-state index is 0.508. The van der Waals surface area contributed by atoms with Crippen LogP contribution in [0.15, 0.2) is 42.6 Å². The minimum Gasteiger partial charge on any atom is -0.386 e. The van der Waals surface area contributed by atoms with Crippen LogP contribution in [0, 0.1) is 0 Å². The molecule has 0 saturated carbocycles. The van der Waals surface area contributed by atoms with E-state index in [4.69, 9.17) is 11.6 Å². The van der Waals surface area contributed by atoms with E-state index in [2.05, 4.69) is 43.1 Å². The first kappa shape index (κ1) is 14.0. The Morgan fingerprint density at radius 1 is 1.16 bits per heavy atom. The van der Waals surface area contributed by atoms with Crippen molar-refractivity contribution in [3.8, 4) is 0 Å². The van der Waals surface area contributed by atoms with E-state index in [0.717, 1.165) is 5.56 Å². The molecule has 0 fully saturated rings. The largest absolute Gasteiger partial charge is 0.386 e. The lowest BCUT2D eigenvalue weighted by molar-refractivity contribution is 0.173.